The third-order valence-electron chi connectivity index (χ3n) is 5.38. The van der Waals surface area contributed by atoms with Crippen LogP contribution in [-0.2, 0) is 21.2 Å². The fourth-order valence-electron chi connectivity index (χ4n) is 4.11. The van der Waals surface area contributed by atoms with Crippen LogP contribution in [0.4, 0.5) is 0 Å². The van der Waals surface area contributed by atoms with Gasteiger partial charge in [0.15, 0.2) is 0 Å². The van der Waals surface area contributed by atoms with E-state index in [4.69, 9.17) is 4.74 Å². The first kappa shape index (κ1) is 18.4. The van der Waals surface area contributed by atoms with E-state index in [-0.39, 0.29) is 16.7 Å². The number of rotatable bonds is 4. The average molecular weight is 388 g/mol. The summed E-state index contributed by atoms with van der Waals surface area (Å²) in [5, 5.41) is 13.0. The van der Waals surface area contributed by atoms with Crippen molar-refractivity contribution in [1.29, 1.82) is 0 Å². The fraction of sp³-hybridized carbons (Fsp3) is 0.400. The van der Waals surface area contributed by atoms with Crippen molar-refractivity contribution in [1.82, 2.24) is 9.62 Å². The van der Waals surface area contributed by atoms with Gasteiger partial charge in [0.05, 0.1) is 11.5 Å². The van der Waals surface area contributed by atoms with E-state index in [0.717, 1.165) is 6.42 Å². The number of phenolic OH excluding ortho intramolecular Hbond substituents is 1. The lowest BCUT2D eigenvalue weighted by Crippen LogP contribution is -2.57. The van der Waals surface area contributed by atoms with Crippen molar-refractivity contribution in [2.45, 2.75) is 35.9 Å². The summed E-state index contributed by atoms with van der Waals surface area (Å²) in [6.07, 6.45) is 2.06. The molecule has 0 bridgehead atoms. The molecule has 0 aromatic heterocycles. The molecular weight excluding hydrogens is 364 g/mol. The Kier molecular flexibility index (Phi) is 4.94. The number of hydrogen-bond donors (Lipinski definition) is 2. The minimum Gasteiger partial charge on any atom is -0.508 e. The number of sulfonamides is 1. The second-order valence-corrected chi connectivity index (χ2v) is 9.02. The molecule has 2 aliphatic heterocycles. The fourth-order valence-corrected chi connectivity index (χ4v) is 5.82. The molecule has 2 aliphatic rings. The van der Waals surface area contributed by atoms with Gasteiger partial charge in [0, 0.05) is 25.4 Å². The lowest BCUT2D eigenvalue weighted by Gasteiger charge is -2.42. The molecule has 0 radical (unpaired) electrons. The predicted octanol–water partition coefficient (Wildman–Crippen LogP) is 2.10. The van der Waals surface area contributed by atoms with Gasteiger partial charge in [-0.15, -0.1) is 0 Å². The Labute approximate surface area is 159 Å². The van der Waals surface area contributed by atoms with Crippen LogP contribution in [-0.4, -0.2) is 49.3 Å². The molecule has 1 spiro atoms. The standard InChI is InChI=1S/C20H24N2O4S/c23-18-6-8-19(9-7-18)27(24,25)22-12-13-26-20(22)10-11-21-17(15-20)14-16-4-2-1-3-5-16/h1-9,17,21,23H,10-15H2. The summed E-state index contributed by atoms with van der Waals surface area (Å²) in [4.78, 5) is 0.184. The molecule has 7 heteroatoms. The highest BCUT2D eigenvalue weighted by atomic mass is 32.2. The molecule has 2 N–H and O–H groups in total. The minimum absolute atomic E-state index is 0.0473. The molecule has 2 unspecified atom stereocenters. The maximum atomic E-state index is 13.2. The molecule has 0 saturated carbocycles. The van der Waals surface area contributed by atoms with Crippen molar-refractivity contribution in [2.24, 2.45) is 0 Å². The van der Waals surface area contributed by atoms with Gasteiger partial charge < -0.3 is 15.2 Å². The Hall–Kier alpha value is -1.93. The Bertz CT molecular complexity index is 886. The lowest BCUT2D eigenvalue weighted by atomic mass is 9.91. The molecule has 0 amide bonds. The zero-order chi connectivity index (χ0) is 18.9. The van der Waals surface area contributed by atoms with Crippen LogP contribution in [0.15, 0.2) is 59.5 Å². The van der Waals surface area contributed by atoms with E-state index in [2.05, 4.69) is 17.4 Å². The van der Waals surface area contributed by atoms with Crippen LogP contribution in [0.5, 0.6) is 5.75 Å². The van der Waals surface area contributed by atoms with Gasteiger partial charge in [-0.3, -0.25) is 0 Å². The summed E-state index contributed by atoms with van der Waals surface area (Å²) in [6.45, 7) is 1.45. The number of aromatic hydroxyl groups is 1. The number of nitrogens with zero attached hydrogens (tertiary/aromatic N) is 1. The second kappa shape index (κ2) is 7.24. The molecular formula is C20H24N2O4S. The first-order valence-corrected chi connectivity index (χ1v) is 10.7. The number of piperidine rings is 1. The molecule has 27 heavy (non-hydrogen) atoms. The van der Waals surface area contributed by atoms with E-state index < -0.39 is 15.7 Å². The maximum Gasteiger partial charge on any atom is 0.245 e. The van der Waals surface area contributed by atoms with E-state index >= 15 is 0 Å². The van der Waals surface area contributed by atoms with Gasteiger partial charge in [0.2, 0.25) is 10.0 Å². The quantitative estimate of drug-likeness (QED) is 0.839. The highest BCUT2D eigenvalue weighted by molar-refractivity contribution is 7.89. The molecule has 2 aromatic carbocycles. The van der Waals surface area contributed by atoms with Crippen molar-refractivity contribution in [2.75, 3.05) is 19.7 Å². The third-order valence-corrected chi connectivity index (χ3v) is 7.35. The van der Waals surface area contributed by atoms with Gasteiger partial charge in [-0.25, -0.2) is 8.42 Å². The first-order valence-electron chi connectivity index (χ1n) is 9.23. The van der Waals surface area contributed by atoms with Gasteiger partial charge in [0.1, 0.15) is 11.5 Å². The van der Waals surface area contributed by atoms with Crippen LogP contribution in [0.1, 0.15) is 18.4 Å². The SMILES string of the molecule is O=S(=O)(c1ccc(O)cc1)N1CCOC12CCNC(Cc1ccccc1)C2. The van der Waals surface area contributed by atoms with Gasteiger partial charge >= 0.3 is 0 Å². The zero-order valence-electron chi connectivity index (χ0n) is 15.0. The number of benzene rings is 2. The smallest absolute Gasteiger partial charge is 0.245 e. The normalized spacial score (nSPS) is 26.4. The Morgan fingerprint density at radius 1 is 1.15 bits per heavy atom. The van der Waals surface area contributed by atoms with Crippen LogP contribution < -0.4 is 5.32 Å². The number of hydrogen-bond acceptors (Lipinski definition) is 5. The molecule has 4 rings (SSSR count). The van der Waals surface area contributed by atoms with E-state index in [0.29, 0.717) is 32.5 Å². The van der Waals surface area contributed by atoms with Crippen molar-refractivity contribution in [3.05, 3.63) is 60.2 Å². The summed E-state index contributed by atoms with van der Waals surface area (Å²) in [7, 11) is -3.69. The highest BCUT2D eigenvalue weighted by Gasteiger charge is 2.51. The largest absolute Gasteiger partial charge is 0.508 e. The first-order chi connectivity index (χ1) is 13.0. The maximum absolute atomic E-state index is 13.2. The third kappa shape index (κ3) is 3.60. The second-order valence-electron chi connectivity index (χ2n) is 7.16. The number of phenols is 1. The van der Waals surface area contributed by atoms with Crippen LogP contribution in [0.3, 0.4) is 0 Å². The molecule has 6 nitrogen and oxygen atoms in total. The van der Waals surface area contributed by atoms with E-state index in [1.54, 1.807) is 0 Å². The van der Waals surface area contributed by atoms with Gasteiger partial charge in [-0.2, -0.15) is 4.31 Å². The summed E-state index contributed by atoms with van der Waals surface area (Å²) < 4.78 is 34.0. The molecule has 2 fully saturated rings. The molecule has 2 saturated heterocycles. The van der Waals surface area contributed by atoms with Crippen LogP contribution in [0.25, 0.3) is 0 Å². The van der Waals surface area contributed by atoms with E-state index in [9.17, 15) is 13.5 Å². The van der Waals surface area contributed by atoms with Gasteiger partial charge in [-0.05, 0) is 42.8 Å². The average Bonchev–Trinajstić information content (AvgIpc) is 3.06. The van der Waals surface area contributed by atoms with Crippen molar-refractivity contribution in [3.63, 3.8) is 0 Å². The monoisotopic (exact) mass is 388 g/mol. The Balaban J connectivity index is 1.58. The lowest BCUT2D eigenvalue weighted by molar-refractivity contribution is -0.0807. The topological polar surface area (TPSA) is 78.9 Å². The van der Waals surface area contributed by atoms with E-state index in [1.807, 2.05) is 18.2 Å². The Morgan fingerprint density at radius 3 is 2.63 bits per heavy atom. The van der Waals surface area contributed by atoms with Gasteiger partial charge in [0.25, 0.3) is 0 Å². The summed E-state index contributed by atoms with van der Waals surface area (Å²) in [5.41, 5.74) is 0.416. The van der Waals surface area contributed by atoms with Crippen LogP contribution in [0.2, 0.25) is 0 Å². The van der Waals surface area contributed by atoms with Crippen molar-refractivity contribution in [3.8, 4) is 5.75 Å². The summed E-state index contributed by atoms with van der Waals surface area (Å²) >= 11 is 0. The van der Waals surface area contributed by atoms with Crippen molar-refractivity contribution < 1.29 is 18.3 Å². The van der Waals surface area contributed by atoms with Crippen molar-refractivity contribution >= 4 is 10.0 Å². The van der Waals surface area contributed by atoms with Crippen LogP contribution in [0, 0.1) is 0 Å². The molecule has 2 heterocycles. The number of nitrogens with one attached hydrogen (secondary N) is 1. The molecule has 2 atom stereocenters. The summed E-state index contributed by atoms with van der Waals surface area (Å²) in [6, 6.07) is 16.0. The number of ether oxygens (including phenoxy) is 1. The van der Waals surface area contributed by atoms with E-state index in [1.165, 1.54) is 34.1 Å². The minimum atomic E-state index is -3.69. The summed E-state index contributed by atoms with van der Waals surface area (Å²) in [5.74, 6) is 0.0473. The Morgan fingerprint density at radius 2 is 1.89 bits per heavy atom. The highest BCUT2D eigenvalue weighted by Crippen LogP contribution is 2.38. The van der Waals surface area contributed by atoms with Crippen LogP contribution >= 0.6 is 0 Å². The molecule has 0 aliphatic carbocycles. The predicted molar refractivity (Wildman–Crippen MR) is 102 cm³/mol. The zero-order valence-corrected chi connectivity index (χ0v) is 15.9. The molecule has 144 valence electrons. The molecule has 2 aromatic rings. The van der Waals surface area contributed by atoms with Gasteiger partial charge in [-0.1, -0.05) is 30.3 Å².